The number of nitrogens with one attached hydrogen (secondary N) is 1. The summed E-state index contributed by atoms with van der Waals surface area (Å²) >= 11 is 3.35. The molecule has 4 heteroatoms. The Kier molecular flexibility index (Phi) is 4.77. The molecule has 0 spiro atoms. The van der Waals surface area contributed by atoms with Gasteiger partial charge in [-0.3, -0.25) is 4.79 Å². The summed E-state index contributed by atoms with van der Waals surface area (Å²) in [7, 11) is 0. The number of Topliss-reactive ketones (excluding diaryl/α,β-unsaturated/α-hetero) is 1. The van der Waals surface area contributed by atoms with Crippen LogP contribution in [0.2, 0.25) is 0 Å². The highest BCUT2D eigenvalue weighted by molar-refractivity contribution is 9.10. The maximum absolute atomic E-state index is 11.9. The molecule has 1 aromatic carbocycles. The van der Waals surface area contributed by atoms with E-state index in [-0.39, 0.29) is 24.2 Å². The fraction of sp³-hybridized carbons (Fsp3) is 0.364. The topological polar surface area (TPSA) is 29.1 Å². The van der Waals surface area contributed by atoms with Gasteiger partial charge in [0.25, 0.3) is 0 Å². The molecule has 1 unspecified atom stereocenters. The van der Waals surface area contributed by atoms with Crippen molar-refractivity contribution in [3.63, 3.8) is 0 Å². The molecule has 0 saturated carbocycles. The highest BCUT2D eigenvalue weighted by Crippen LogP contribution is 2.15. The summed E-state index contributed by atoms with van der Waals surface area (Å²) in [5, 5.41) is 3.21. The van der Waals surface area contributed by atoms with Gasteiger partial charge >= 0.3 is 0 Å². The fourth-order valence-corrected chi connectivity index (χ4v) is 1.99. The first kappa shape index (κ1) is 12.7. The molecule has 0 aromatic heterocycles. The van der Waals surface area contributed by atoms with Crippen LogP contribution in [0.5, 0.6) is 0 Å². The van der Waals surface area contributed by atoms with E-state index >= 15 is 0 Å². The molecule has 1 heterocycles. The predicted molar refractivity (Wildman–Crippen MR) is 66.7 cm³/mol. The van der Waals surface area contributed by atoms with Crippen LogP contribution in [-0.4, -0.2) is 18.4 Å². The summed E-state index contributed by atoms with van der Waals surface area (Å²) in [6, 6.07) is 7.58. The lowest BCUT2D eigenvalue weighted by Gasteiger charge is -2.08. The molecule has 1 atom stereocenters. The zero-order chi connectivity index (χ0) is 9.97. The van der Waals surface area contributed by atoms with Gasteiger partial charge in [-0.05, 0) is 31.5 Å². The molecule has 1 N–H and O–H groups in total. The average molecular weight is 291 g/mol. The quantitative estimate of drug-likeness (QED) is 0.849. The second-order valence-corrected chi connectivity index (χ2v) is 4.44. The standard InChI is InChI=1S/C11H12BrNO.ClH/c12-9-5-3-8(4-6-9)11(14)10-2-1-7-13-10;/h3-6,10,13H,1-2,7H2;1H. The minimum Gasteiger partial charge on any atom is -0.307 e. The third kappa shape index (κ3) is 3.03. The van der Waals surface area contributed by atoms with Gasteiger partial charge in [-0.15, -0.1) is 12.4 Å². The van der Waals surface area contributed by atoms with Crippen molar-refractivity contribution >= 4 is 34.1 Å². The van der Waals surface area contributed by atoms with Crippen molar-refractivity contribution in [3.8, 4) is 0 Å². The highest BCUT2D eigenvalue weighted by Gasteiger charge is 2.22. The van der Waals surface area contributed by atoms with Gasteiger partial charge in [-0.25, -0.2) is 0 Å². The zero-order valence-electron chi connectivity index (χ0n) is 8.20. The maximum atomic E-state index is 11.9. The van der Waals surface area contributed by atoms with Gasteiger partial charge in [0, 0.05) is 10.0 Å². The molecule has 1 aliphatic heterocycles. The van der Waals surface area contributed by atoms with Crippen molar-refractivity contribution in [2.75, 3.05) is 6.54 Å². The highest BCUT2D eigenvalue weighted by atomic mass is 79.9. The second kappa shape index (κ2) is 5.64. The van der Waals surface area contributed by atoms with Crippen LogP contribution in [0.15, 0.2) is 28.7 Å². The third-order valence-electron chi connectivity index (χ3n) is 2.51. The van der Waals surface area contributed by atoms with Crippen LogP contribution in [-0.2, 0) is 0 Å². The Hall–Kier alpha value is -0.380. The third-order valence-corrected chi connectivity index (χ3v) is 3.03. The van der Waals surface area contributed by atoms with E-state index < -0.39 is 0 Å². The molecule has 15 heavy (non-hydrogen) atoms. The van der Waals surface area contributed by atoms with E-state index in [9.17, 15) is 4.79 Å². The minimum absolute atomic E-state index is 0. The summed E-state index contributed by atoms with van der Waals surface area (Å²) in [6.45, 7) is 0.965. The SMILES string of the molecule is Cl.O=C(c1ccc(Br)cc1)C1CCCN1. The molecule has 1 saturated heterocycles. The second-order valence-electron chi connectivity index (χ2n) is 3.52. The Morgan fingerprint density at radius 2 is 2.00 bits per heavy atom. The molecule has 1 aromatic rings. The van der Waals surface area contributed by atoms with Crippen LogP contribution in [0, 0.1) is 0 Å². The van der Waals surface area contributed by atoms with E-state index in [1.807, 2.05) is 24.3 Å². The van der Waals surface area contributed by atoms with E-state index in [1.54, 1.807) is 0 Å². The van der Waals surface area contributed by atoms with E-state index in [0.717, 1.165) is 29.4 Å². The molecule has 0 amide bonds. The van der Waals surface area contributed by atoms with Crippen molar-refractivity contribution in [3.05, 3.63) is 34.3 Å². The van der Waals surface area contributed by atoms with Crippen molar-refractivity contribution in [2.24, 2.45) is 0 Å². The summed E-state index contributed by atoms with van der Waals surface area (Å²) in [4.78, 5) is 11.9. The van der Waals surface area contributed by atoms with Crippen LogP contribution in [0.1, 0.15) is 23.2 Å². The normalized spacial score (nSPS) is 19.7. The van der Waals surface area contributed by atoms with Crippen molar-refractivity contribution < 1.29 is 4.79 Å². The summed E-state index contributed by atoms with van der Waals surface area (Å²) in [5.41, 5.74) is 0.799. The fourth-order valence-electron chi connectivity index (χ4n) is 1.72. The molecular weight excluding hydrogens is 277 g/mol. The Morgan fingerprint density at radius 1 is 1.33 bits per heavy atom. The largest absolute Gasteiger partial charge is 0.307 e. The monoisotopic (exact) mass is 289 g/mol. The average Bonchev–Trinajstić information content (AvgIpc) is 2.71. The predicted octanol–water partition coefficient (Wildman–Crippen LogP) is 2.81. The van der Waals surface area contributed by atoms with E-state index in [4.69, 9.17) is 0 Å². The van der Waals surface area contributed by atoms with Crippen molar-refractivity contribution in [1.82, 2.24) is 5.32 Å². The van der Waals surface area contributed by atoms with Crippen molar-refractivity contribution in [2.45, 2.75) is 18.9 Å². The minimum atomic E-state index is 0. The summed E-state index contributed by atoms with van der Waals surface area (Å²) in [5.74, 6) is 0.218. The van der Waals surface area contributed by atoms with E-state index in [0.29, 0.717) is 0 Å². The maximum Gasteiger partial charge on any atom is 0.179 e. The molecule has 2 nitrogen and oxygen atoms in total. The molecular formula is C11H13BrClNO. The van der Waals surface area contributed by atoms with Crippen LogP contribution in [0.3, 0.4) is 0 Å². The van der Waals surface area contributed by atoms with Crippen LogP contribution >= 0.6 is 28.3 Å². The Morgan fingerprint density at radius 3 is 2.53 bits per heavy atom. The number of benzene rings is 1. The van der Waals surface area contributed by atoms with Gasteiger partial charge < -0.3 is 5.32 Å². The van der Waals surface area contributed by atoms with Crippen LogP contribution < -0.4 is 5.32 Å². The van der Waals surface area contributed by atoms with E-state index in [2.05, 4.69) is 21.2 Å². The number of carbonyl (C=O) groups is 1. The number of ketones is 1. The number of rotatable bonds is 2. The Bertz CT molecular complexity index is 333. The molecule has 2 rings (SSSR count). The van der Waals surface area contributed by atoms with Crippen molar-refractivity contribution in [1.29, 1.82) is 0 Å². The first-order valence-corrected chi connectivity index (χ1v) is 5.60. The summed E-state index contributed by atoms with van der Waals surface area (Å²) in [6.07, 6.45) is 2.07. The molecule has 0 aliphatic carbocycles. The van der Waals surface area contributed by atoms with Gasteiger partial charge in [-0.2, -0.15) is 0 Å². The Balaban J connectivity index is 0.00000112. The number of halogens is 2. The van der Waals surface area contributed by atoms with Gasteiger partial charge in [0.05, 0.1) is 6.04 Å². The van der Waals surface area contributed by atoms with Gasteiger partial charge in [0.15, 0.2) is 5.78 Å². The number of hydrogen-bond donors (Lipinski definition) is 1. The molecule has 1 fully saturated rings. The molecule has 0 bridgehead atoms. The number of hydrogen-bond acceptors (Lipinski definition) is 2. The number of carbonyl (C=O) groups excluding carboxylic acids is 1. The molecule has 1 aliphatic rings. The Labute approximate surface area is 104 Å². The van der Waals surface area contributed by atoms with E-state index in [1.165, 1.54) is 0 Å². The summed E-state index contributed by atoms with van der Waals surface area (Å²) < 4.78 is 1.01. The lowest BCUT2D eigenvalue weighted by molar-refractivity contribution is 0.0952. The van der Waals surface area contributed by atoms with Gasteiger partial charge in [-0.1, -0.05) is 28.1 Å². The first-order valence-electron chi connectivity index (χ1n) is 4.80. The lowest BCUT2D eigenvalue weighted by Crippen LogP contribution is -2.30. The first-order chi connectivity index (χ1) is 6.77. The smallest absolute Gasteiger partial charge is 0.179 e. The molecule has 82 valence electrons. The van der Waals surface area contributed by atoms with Gasteiger partial charge in [0.1, 0.15) is 0 Å². The van der Waals surface area contributed by atoms with Gasteiger partial charge in [0.2, 0.25) is 0 Å². The lowest BCUT2D eigenvalue weighted by atomic mass is 10.0. The van der Waals surface area contributed by atoms with Crippen LogP contribution in [0.25, 0.3) is 0 Å². The zero-order valence-corrected chi connectivity index (χ0v) is 10.6. The molecule has 0 radical (unpaired) electrons. The van der Waals surface area contributed by atoms with Crippen LogP contribution in [0.4, 0.5) is 0 Å².